The van der Waals surface area contributed by atoms with Gasteiger partial charge in [0.2, 0.25) is 0 Å². The third-order valence-corrected chi connectivity index (χ3v) is 10.6. The molecule has 53 heavy (non-hydrogen) atoms. The standard InChI is InChI=1S/C49H30N4/c1-3-11-33(12-4-1)47-39-24-26-44-46(38-16-7-8-18-43(38)53(44)36-14-5-2-6-15-36)45(39)41-29-34(23-25-42(41)52-47)31-19-21-32(22-20-31)40-30-35-13-9-27-50-48(35)49-37(40)17-10-28-51-49/h1-30H. The fourth-order valence-electron chi connectivity index (χ4n) is 8.26. The predicted octanol–water partition coefficient (Wildman–Crippen LogP) is 12.6. The molecule has 4 heterocycles. The number of rotatable bonds is 4. The van der Waals surface area contributed by atoms with E-state index in [0.29, 0.717) is 0 Å². The first-order valence-electron chi connectivity index (χ1n) is 17.9. The summed E-state index contributed by atoms with van der Waals surface area (Å²) in [7, 11) is 0. The smallest absolute Gasteiger partial charge is 0.0970 e. The van der Waals surface area contributed by atoms with E-state index in [0.717, 1.165) is 77.3 Å². The molecule has 0 bridgehead atoms. The van der Waals surface area contributed by atoms with E-state index in [1.807, 2.05) is 24.5 Å². The Bertz CT molecular complexity index is 3200. The van der Waals surface area contributed by atoms with Gasteiger partial charge in [-0.25, -0.2) is 4.98 Å². The van der Waals surface area contributed by atoms with Gasteiger partial charge >= 0.3 is 0 Å². The lowest BCUT2D eigenvalue weighted by molar-refractivity contribution is 1.18. The maximum absolute atomic E-state index is 5.35. The number of pyridine rings is 3. The monoisotopic (exact) mass is 674 g/mol. The van der Waals surface area contributed by atoms with Crippen LogP contribution in [0.2, 0.25) is 0 Å². The molecule has 0 saturated carbocycles. The maximum atomic E-state index is 5.35. The molecule has 0 radical (unpaired) electrons. The molecule has 0 unspecified atom stereocenters. The summed E-state index contributed by atoms with van der Waals surface area (Å²) in [6, 6.07) is 60.7. The maximum Gasteiger partial charge on any atom is 0.0970 e. The van der Waals surface area contributed by atoms with Crippen LogP contribution in [0.4, 0.5) is 0 Å². The first-order valence-corrected chi connectivity index (χ1v) is 17.9. The van der Waals surface area contributed by atoms with Gasteiger partial charge in [-0.1, -0.05) is 115 Å². The van der Waals surface area contributed by atoms with Crippen LogP contribution in [0, 0.1) is 0 Å². The third-order valence-electron chi connectivity index (χ3n) is 10.6. The second-order valence-corrected chi connectivity index (χ2v) is 13.6. The normalized spacial score (nSPS) is 11.8. The van der Waals surface area contributed by atoms with Gasteiger partial charge in [-0.05, 0) is 76.9 Å². The van der Waals surface area contributed by atoms with E-state index in [9.17, 15) is 0 Å². The van der Waals surface area contributed by atoms with Gasteiger partial charge < -0.3 is 4.57 Å². The van der Waals surface area contributed by atoms with E-state index in [1.54, 1.807) is 0 Å². The Kier molecular flexibility index (Phi) is 6.52. The van der Waals surface area contributed by atoms with Gasteiger partial charge in [0, 0.05) is 61.3 Å². The van der Waals surface area contributed by atoms with Crippen molar-refractivity contribution >= 4 is 65.3 Å². The van der Waals surface area contributed by atoms with Crippen molar-refractivity contribution in [2.75, 3.05) is 0 Å². The van der Waals surface area contributed by atoms with Gasteiger partial charge in [-0.2, -0.15) is 0 Å². The van der Waals surface area contributed by atoms with Gasteiger partial charge in [-0.15, -0.1) is 0 Å². The molecule has 4 aromatic heterocycles. The molecule has 0 fully saturated rings. The van der Waals surface area contributed by atoms with Crippen molar-refractivity contribution in [3.63, 3.8) is 0 Å². The van der Waals surface area contributed by atoms with Crippen LogP contribution in [0.1, 0.15) is 0 Å². The van der Waals surface area contributed by atoms with E-state index in [4.69, 9.17) is 9.97 Å². The Labute approximate surface area is 305 Å². The summed E-state index contributed by atoms with van der Waals surface area (Å²) in [5.41, 5.74) is 13.0. The van der Waals surface area contributed by atoms with Gasteiger partial charge in [0.15, 0.2) is 0 Å². The van der Waals surface area contributed by atoms with Crippen molar-refractivity contribution in [1.82, 2.24) is 19.5 Å². The van der Waals surface area contributed by atoms with Crippen molar-refractivity contribution in [1.29, 1.82) is 0 Å². The fourth-order valence-corrected chi connectivity index (χ4v) is 8.26. The number of fused-ring (bicyclic) bond motifs is 10. The first kappa shape index (κ1) is 29.5. The first-order chi connectivity index (χ1) is 26.3. The zero-order valence-corrected chi connectivity index (χ0v) is 28.6. The molecule has 246 valence electrons. The molecule has 0 aliphatic rings. The molecular weight excluding hydrogens is 645 g/mol. The van der Waals surface area contributed by atoms with Gasteiger partial charge in [-0.3, -0.25) is 9.97 Å². The van der Waals surface area contributed by atoms with Gasteiger partial charge in [0.25, 0.3) is 0 Å². The van der Waals surface area contributed by atoms with Crippen molar-refractivity contribution in [3.8, 4) is 39.2 Å². The summed E-state index contributed by atoms with van der Waals surface area (Å²) < 4.78 is 2.39. The molecular formula is C49H30N4. The Morgan fingerprint density at radius 2 is 1.09 bits per heavy atom. The average Bonchev–Trinajstić information content (AvgIpc) is 3.58. The van der Waals surface area contributed by atoms with Crippen molar-refractivity contribution in [2.24, 2.45) is 0 Å². The summed E-state index contributed by atoms with van der Waals surface area (Å²) >= 11 is 0. The van der Waals surface area contributed by atoms with Crippen molar-refractivity contribution in [3.05, 3.63) is 182 Å². The van der Waals surface area contributed by atoms with E-state index in [1.165, 1.54) is 27.2 Å². The lowest BCUT2D eigenvalue weighted by Crippen LogP contribution is -1.94. The van der Waals surface area contributed by atoms with Gasteiger partial charge in [0.05, 0.1) is 33.3 Å². The molecule has 0 N–H and O–H groups in total. The number of benzene rings is 7. The highest BCUT2D eigenvalue weighted by Crippen LogP contribution is 2.43. The highest BCUT2D eigenvalue weighted by atomic mass is 15.0. The Hall–Kier alpha value is -7.17. The summed E-state index contributed by atoms with van der Waals surface area (Å²) in [6.07, 6.45) is 3.68. The SMILES string of the molecule is c1ccc(-c2nc3ccc(-c4ccc(-c5cc6cccnc6c6ncccc56)cc4)cc3c3c2ccc2c3c3ccccc3n2-c2ccccc2)cc1. The van der Waals surface area contributed by atoms with Crippen LogP contribution in [-0.4, -0.2) is 19.5 Å². The third kappa shape index (κ3) is 4.59. The molecule has 0 atom stereocenters. The fraction of sp³-hybridized carbons (Fsp3) is 0. The predicted molar refractivity (Wildman–Crippen MR) is 220 cm³/mol. The molecule has 0 aliphatic heterocycles. The molecule has 0 saturated heterocycles. The summed E-state index contributed by atoms with van der Waals surface area (Å²) in [5.74, 6) is 0. The topological polar surface area (TPSA) is 43.6 Å². The number of para-hydroxylation sites is 2. The van der Waals surface area contributed by atoms with E-state index in [2.05, 4.69) is 167 Å². The Morgan fingerprint density at radius 1 is 0.396 bits per heavy atom. The van der Waals surface area contributed by atoms with Crippen LogP contribution in [-0.2, 0) is 0 Å². The molecule has 11 rings (SSSR count). The molecule has 0 spiro atoms. The molecule has 4 nitrogen and oxygen atoms in total. The van der Waals surface area contributed by atoms with Gasteiger partial charge in [0.1, 0.15) is 0 Å². The molecule has 4 heteroatoms. The molecule has 0 amide bonds. The molecule has 7 aromatic carbocycles. The minimum atomic E-state index is 0.924. The summed E-state index contributed by atoms with van der Waals surface area (Å²) in [4.78, 5) is 14.7. The van der Waals surface area contributed by atoms with Crippen LogP contribution < -0.4 is 0 Å². The zero-order valence-electron chi connectivity index (χ0n) is 28.6. The lowest BCUT2D eigenvalue weighted by atomic mass is 9.93. The second-order valence-electron chi connectivity index (χ2n) is 13.6. The number of hydrogen-bond donors (Lipinski definition) is 0. The quantitative estimate of drug-likeness (QED) is 0.175. The van der Waals surface area contributed by atoms with Crippen LogP contribution in [0.25, 0.3) is 104 Å². The number of nitrogens with zero attached hydrogens (tertiary/aromatic N) is 4. The van der Waals surface area contributed by atoms with E-state index in [-0.39, 0.29) is 0 Å². The Morgan fingerprint density at radius 3 is 1.94 bits per heavy atom. The average molecular weight is 675 g/mol. The highest BCUT2D eigenvalue weighted by Gasteiger charge is 2.20. The second kappa shape index (κ2) is 11.7. The minimum absolute atomic E-state index is 0.924. The van der Waals surface area contributed by atoms with Crippen molar-refractivity contribution < 1.29 is 0 Å². The molecule has 0 aliphatic carbocycles. The van der Waals surface area contributed by atoms with Crippen LogP contribution in [0.15, 0.2) is 182 Å². The summed E-state index contributed by atoms with van der Waals surface area (Å²) in [5, 5.41) is 8.16. The van der Waals surface area contributed by atoms with Crippen LogP contribution >= 0.6 is 0 Å². The minimum Gasteiger partial charge on any atom is -0.309 e. The highest BCUT2D eigenvalue weighted by molar-refractivity contribution is 6.29. The Balaban J connectivity index is 1.15. The largest absolute Gasteiger partial charge is 0.309 e. The number of aromatic nitrogens is 4. The van der Waals surface area contributed by atoms with Crippen LogP contribution in [0.3, 0.4) is 0 Å². The lowest BCUT2D eigenvalue weighted by Gasteiger charge is -2.14. The van der Waals surface area contributed by atoms with Crippen molar-refractivity contribution in [2.45, 2.75) is 0 Å². The summed E-state index contributed by atoms with van der Waals surface area (Å²) in [6.45, 7) is 0. The van der Waals surface area contributed by atoms with Crippen LogP contribution in [0.5, 0.6) is 0 Å². The van der Waals surface area contributed by atoms with E-state index >= 15 is 0 Å². The van der Waals surface area contributed by atoms with E-state index < -0.39 is 0 Å². The zero-order chi connectivity index (χ0) is 34.9. The molecule has 11 aromatic rings. The number of hydrogen-bond acceptors (Lipinski definition) is 3.